The van der Waals surface area contributed by atoms with Gasteiger partial charge in [-0.2, -0.15) is 0 Å². The van der Waals surface area contributed by atoms with E-state index in [1.165, 1.54) is 0 Å². The van der Waals surface area contributed by atoms with E-state index in [-0.39, 0.29) is 6.04 Å². The van der Waals surface area contributed by atoms with Gasteiger partial charge < -0.3 is 15.2 Å². The number of nitrogens with one attached hydrogen (secondary N) is 1. The van der Waals surface area contributed by atoms with E-state index in [2.05, 4.69) is 19.2 Å². The molecule has 0 heterocycles. The lowest BCUT2D eigenvalue weighted by molar-refractivity contribution is 0.317. The van der Waals surface area contributed by atoms with Crippen LogP contribution in [0.5, 0.6) is 11.5 Å². The van der Waals surface area contributed by atoms with Crippen LogP contribution in [-0.2, 0) is 0 Å². The van der Waals surface area contributed by atoms with Crippen molar-refractivity contribution in [2.75, 3.05) is 11.9 Å². The summed E-state index contributed by atoms with van der Waals surface area (Å²) in [6.07, 6.45) is 1.90. The Labute approximate surface area is 126 Å². The molecule has 2 aromatic rings. The topological polar surface area (TPSA) is 41.5 Å². The maximum Gasteiger partial charge on any atom is 0.120 e. The maximum atomic E-state index is 9.97. The standard InChI is InChI=1S/C18H23NO2/c1-3-13-21-15-11-9-14(10-12-15)19-17(4-2)16-7-5-6-8-18(16)20/h5-12,17,19-20H,3-4,13H2,1-2H3. The average Bonchev–Trinajstić information content (AvgIpc) is 2.52. The molecule has 112 valence electrons. The summed E-state index contributed by atoms with van der Waals surface area (Å²) in [6, 6.07) is 15.5. The Balaban J connectivity index is 2.07. The number of rotatable bonds is 7. The van der Waals surface area contributed by atoms with Crippen molar-refractivity contribution in [2.45, 2.75) is 32.7 Å². The predicted molar refractivity (Wildman–Crippen MR) is 87.0 cm³/mol. The van der Waals surface area contributed by atoms with Gasteiger partial charge >= 0.3 is 0 Å². The second-order valence-corrected chi connectivity index (χ2v) is 5.04. The zero-order valence-electron chi connectivity index (χ0n) is 12.7. The summed E-state index contributed by atoms with van der Waals surface area (Å²) in [4.78, 5) is 0. The van der Waals surface area contributed by atoms with Crippen molar-refractivity contribution in [1.29, 1.82) is 0 Å². The third-order valence-electron chi connectivity index (χ3n) is 3.39. The monoisotopic (exact) mass is 285 g/mol. The molecule has 0 spiro atoms. The second-order valence-electron chi connectivity index (χ2n) is 5.04. The zero-order chi connectivity index (χ0) is 15.1. The summed E-state index contributed by atoms with van der Waals surface area (Å²) < 4.78 is 5.58. The molecule has 0 saturated carbocycles. The normalized spacial score (nSPS) is 11.9. The largest absolute Gasteiger partial charge is 0.508 e. The summed E-state index contributed by atoms with van der Waals surface area (Å²) in [5, 5.41) is 13.4. The van der Waals surface area contributed by atoms with E-state index in [4.69, 9.17) is 4.74 Å². The van der Waals surface area contributed by atoms with E-state index in [0.717, 1.165) is 36.4 Å². The van der Waals surface area contributed by atoms with Gasteiger partial charge in [-0.05, 0) is 43.2 Å². The lowest BCUT2D eigenvalue weighted by Gasteiger charge is -2.20. The Morgan fingerprint density at radius 3 is 2.38 bits per heavy atom. The molecule has 0 radical (unpaired) electrons. The highest BCUT2D eigenvalue weighted by Crippen LogP contribution is 2.29. The van der Waals surface area contributed by atoms with Crippen LogP contribution in [0.15, 0.2) is 48.5 Å². The van der Waals surface area contributed by atoms with Crippen LogP contribution in [0.3, 0.4) is 0 Å². The van der Waals surface area contributed by atoms with Gasteiger partial charge in [0.2, 0.25) is 0 Å². The van der Waals surface area contributed by atoms with Crippen molar-refractivity contribution in [1.82, 2.24) is 0 Å². The minimum Gasteiger partial charge on any atom is -0.508 e. The third-order valence-corrected chi connectivity index (χ3v) is 3.39. The molecule has 1 atom stereocenters. The lowest BCUT2D eigenvalue weighted by atomic mass is 10.0. The molecule has 0 aliphatic carbocycles. The van der Waals surface area contributed by atoms with Crippen LogP contribution >= 0.6 is 0 Å². The first-order valence-corrected chi connectivity index (χ1v) is 7.51. The van der Waals surface area contributed by atoms with E-state index in [1.807, 2.05) is 42.5 Å². The van der Waals surface area contributed by atoms with Crippen LogP contribution in [0.25, 0.3) is 0 Å². The molecule has 0 bridgehead atoms. The van der Waals surface area contributed by atoms with Gasteiger partial charge in [0.05, 0.1) is 12.6 Å². The van der Waals surface area contributed by atoms with Crippen LogP contribution in [0.2, 0.25) is 0 Å². The van der Waals surface area contributed by atoms with Crippen LogP contribution in [-0.4, -0.2) is 11.7 Å². The molecule has 0 amide bonds. The molecule has 0 aromatic heterocycles. The first-order valence-electron chi connectivity index (χ1n) is 7.51. The van der Waals surface area contributed by atoms with Crippen molar-refractivity contribution >= 4 is 5.69 Å². The maximum absolute atomic E-state index is 9.97. The van der Waals surface area contributed by atoms with Gasteiger partial charge in [-0.3, -0.25) is 0 Å². The third kappa shape index (κ3) is 4.15. The minimum atomic E-state index is 0.0913. The van der Waals surface area contributed by atoms with Crippen LogP contribution in [0, 0.1) is 0 Å². The Morgan fingerprint density at radius 2 is 1.76 bits per heavy atom. The Morgan fingerprint density at radius 1 is 1.05 bits per heavy atom. The van der Waals surface area contributed by atoms with Gasteiger partial charge in [-0.25, -0.2) is 0 Å². The Kier molecular flexibility index (Phi) is 5.50. The first-order chi connectivity index (χ1) is 10.2. The first kappa shape index (κ1) is 15.2. The van der Waals surface area contributed by atoms with Gasteiger partial charge in [0.25, 0.3) is 0 Å². The zero-order valence-corrected chi connectivity index (χ0v) is 12.7. The molecule has 0 aliphatic rings. The number of anilines is 1. The fourth-order valence-electron chi connectivity index (χ4n) is 2.25. The number of ether oxygens (including phenoxy) is 1. The number of aromatic hydroxyl groups is 1. The highest BCUT2D eigenvalue weighted by Gasteiger charge is 2.12. The molecule has 3 heteroatoms. The van der Waals surface area contributed by atoms with Gasteiger partial charge in [-0.1, -0.05) is 32.0 Å². The fourth-order valence-corrected chi connectivity index (χ4v) is 2.25. The number of phenols is 1. The highest BCUT2D eigenvalue weighted by molar-refractivity contribution is 5.49. The van der Waals surface area contributed by atoms with Gasteiger partial charge in [0.15, 0.2) is 0 Å². The SMILES string of the molecule is CCCOc1ccc(NC(CC)c2ccccc2O)cc1. The smallest absolute Gasteiger partial charge is 0.120 e. The molecule has 0 fully saturated rings. The number of hydrogen-bond acceptors (Lipinski definition) is 3. The fraction of sp³-hybridized carbons (Fsp3) is 0.333. The molecular formula is C18H23NO2. The van der Waals surface area contributed by atoms with Crippen molar-refractivity contribution in [3.05, 3.63) is 54.1 Å². The number of hydrogen-bond donors (Lipinski definition) is 2. The Hall–Kier alpha value is -2.16. The molecule has 21 heavy (non-hydrogen) atoms. The number of para-hydroxylation sites is 1. The molecule has 1 unspecified atom stereocenters. The summed E-state index contributed by atoms with van der Waals surface area (Å²) in [5.41, 5.74) is 1.94. The highest BCUT2D eigenvalue weighted by atomic mass is 16.5. The number of phenolic OH excluding ortho intramolecular Hbond substituents is 1. The lowest BCUT2D eigenvalue weighted by Crippen LogP contribution is -2.09. The molecule has 2 aromatic carbocycles. The van der Waals surface area contributed by atoms with E-state index in [0.29, 0.717) is 5.75 Å². The van der Waals surface area contributed by atoms with E-state index < -0.39 is 0 Å². The van der Waals surface area contributed by atoms with Gasteiger partial charge in [-0.15, -0.1) is 0 Å². The van der Waals surface area contributed by atoms with Crippen molar-refractivity contribution in [3.63, 3.8) is 0 Å². The average molecular weight is 285 g/mol. The molecular weight excluding hydrogens is 262 g/mol. The van der Waals surface area contributed by atoms with E-state index in [1.54, 1.807) is 6.07 Å². The van der Waals surface area contributed by atoms with E-state index >= 15 is 0 Å². The summed E-state index contributed by atoms with van der Waals surface area (Å²) in [7, 11) is 0. The molecule has 0 aliphatic heterocycles. The second kappa shape index (κ2) is 7.58. The quantitative estimate of drug-likeness (QED) is 0.771. The summed E-state index contributed by atoms with van der Waals surface area (Å²) in [5.74, 6) is 1.22. The van der Waals surface area contributed by atoms with Gasteiger partial charge in [0.1, 0.15) is 11.5 Å². The Bertz CT molecular complexity index is 551. The van der Waals surface area contributed by atoms with Crippen LogP contribution < -0.4 is 10.1 Å². The van der Waals surface area contributed by atoms with Crippen molar-refractivity contribution < 1.29 is 9.84 Å². The van der Waals surface area contributed by atoms with Crippen molar-refractivity contribution in [2.24, 2.45) is 0 Å². The molecule has 2 N–H and O–H groups in total. The predicted octanol–water partition coefficient (Wildman–Crippen LogP) is 4.74. The summed E-state index contributed by atoms with van der Waals surface area (Å²) in [6.45, 7) is 4.93. The molecule has 3 nitrogen and oxygen atoms in total. The summed E-state index contributed by atoms with van der Waals surface area (Å²) >= 11 is 0. The van der Waals surface area contributed by atoms with Crippen LogP contribution in [0.1, 0.15) is 38.3 Å². The van der Waals surface area contributed by atoms with Crippen molar-refractivity contribution in [3.8, 4) is 11.5 Å². The number of benzene rings is 2. The van der Waals surface area contributed by atoms with E-state index in [9.17, 15) is 5.11 Å². The van der Waals surface area contributed by atoms with Gasteiger partial charge in [0, 0.05) is 11.3 Å². The van der Waals surface area contributed by atoms with Crippen LogP contribution in [0.4, 0.5) is 5.69 Å². The minimum absolute atomic E-state index is 0.0913. The molecule has 2 rings (SSSR count). The molecule has 0 saturated heterocycles.